The molecule has 3 aromatic rings. The lowest BCUT2D eigenvalue weighted by Crippen LogP contribution is -2.48. The average Bonchev–Trinajstić information content (AvgIpc) is 3.28. The largest absolute Gasteiger partial charge is 0.459 e. The van der Waals surface area contributed by atoms with Gasteiger partial charge in [-0.3, -0.25) is 14.7 Å². The normalized spacial score (nSPS) is 15.3. The standard InChI is InChI=1S/C20H22N4O2S/c1-14-6-7-17(26-14)19-22-15(2)18(27-19)20(25)24-11-9-23(10-12-24)13-16-5-3-4-8-21-16/h3-8H,9-13H2,1-2H3. The molecule has 1 fully saturated rings. The molecule has 0 N–H and O–H groups in total. The number of carbonyl (C=O) groups excluding carboxylic acids is 1. The summed E-state index contributed by atoms with van der Waals surface area (Å²) in [5.41, 5.74) is 1.83. The molecule has 7 heteroatoms. The highest BCUT2D eigenvalue weighted by Crippen LogP contribution is 2.30. The number of carbonyl (C=O) groups is 1. The van der Waals surface area contributed by atoms with Crippen molar-refractivity contribution in [1.82, 2.24) is 19.8 Å². The van der Waals surface area contributed by atoms with Gasteiger partial charge in [0, 0.05) is 38.9 Å². The van der Waals surface area contributed by atoms with Crippen LogP contribution in [-0.4, -0.2) is 51.9 Å². The number of amides is 1. The molecule has 6 nitrogen and oxygen atoms in total. The van der Waals surface area contributed by atoms with E-state index in [1.54, 1.807) is 0 Å². The number of hydrogen-bond acceptors (Lipinski definition) is 6. The Morgan fingerprint density at radius 3 is 2.63 bits per heavy atom. The van der Waals surface area contributed by atoms with Crippen LogP contribution in [0.2, 0.25) is 0 Å². The minimum absolute atomic E-state index is 0.0667. The Hall–Kier alpha value is -2.51. The van der Waals surface area contributed by atoms with Gasteiger partial charge < -0.3 is 9.32 Å². The second-order valence-electron chi connectivity index (χ2n) is 6.73. The van der Waals surface area contributed by atoms with Crippen molar-refractivity contribution in [3.05, 3.63) is 58.6 Å². The molecule has 0 bridgehead atoms. The van der Waals surface area contributed by atoms with Crippen molar-refractivity contribution < 1.29 is 9.21 Å². The topological polar surface area (TPSA) is 62.5 Å². The van der Waals surface area contributed by atoms with Gasteiger partial charge in [0.05, 0.1) is 11.4 Å². The Morgan fingerprint density at radius 1 is 1.15 bits per heavy atom. The Bertz CT molecular complexity index is 927. The Balaban J connectivity index is 1.40. The number of nitrogens with zero attached hydrogens (tertiary/aromatic N) is 4. The van der Waals surface area contributed by atoms with Gasteiger partial charge in [0.2, 0.25) is 0 Å². The summed E-state index contributed by atoms with van der Waals surface area (Å²) >= 11 is 1.41. The lowest BCUT2D eigenvalue weighted by Gasteiger charge is -2.34. The second-order valence-corrected chi connectivity index (χ2v) is 7.73. The second kappa shape index (κ2) is 7.62. The molecule has 0 atom stereocenters. The molecular weight excluding hydrogens is 360 g/mol. The predicted molar refractivity (Wildman–Crippen MR) is 105 cm³/mol. The third-order valence-electron chi connectivity index (χ3n) is 4.71. The van der Waals surface area contributed by atoms with Crippen LogP contribution in [0.5, 0.6) is 0 Å². The van der Waals surface area contributed by atoms with Crippen LogP contribution in [0.4, 0.5) is 0 Å². The summed E-state index contributed by atoms with van der Waals surface area (Å²) in [6.07, 6.45) is 1.82. The van der Waals surface area contributed by atoms with Crippen molar-refractivity contribution in [2.75, 3.05) is 26.2 Å². The summed E-state index contributed by atoms with van der Waals surface area (Å²) in [6.45, 7) is 7.76. The molecule has 0 saturated carbocycles. The molecule has 0 spiro atoms. The molecule has 0 radical (unpaired) electrons. The van der Waals surface area contributed by atoms with Crippen LogP contribution in [0.1, 0.15) is 26.8 Å². The quantitative estimate of drug-likeness (QED) is 0.692. The molecule has 0 unspecified atom stereocenters. The van der Waals surface area contributed by atoms with E-state index in [1.807, 2.05) is 55.3 Å². The molecule has 1 aliphatic rings. The van der Waals surface area contributed by atoms with Crippen molar-refractivity contribution in [3.8, 4) is 10.8 Å². The van der Waals surface area contributed by atoms with E-state index < -0.39 is 0 Å². The molecule has 1 aliphatic heterocycles. The minimum atomic E-state index is 0.0667. The zero-order valence-electron chi connectivity index (χ0n) is 15.5. The summed E-state index contributed by atoms with van der Waals surface area (Å²) in [7, 11) is 0. The van der Waals surface area contributed by atoms with Crippen molar-refractivity contribution >= 4 is 17.2 Å². The van der Waals surface area contributed by atoms with Gasteiger partial charge >= 0.3 is 0 Å². The summed E-state index contributed by atoms with van der Waals surface area (Å²) < 4.78 is 5.64. The predicted octanol–water partition coefficient (Wildman–Crippen LogP) is 3.37. The molecule has 4 rings (SSSR count). The fourth-order valence-corrected chi connectivity index (χ4v) is 4.22. The average molecular weight is 382 g/mol. The Morgan fingerprint density at radius 2 is 1.96 bits per heavy atom. The highest BCUT2D eigenvalue weighted by molar-refractivity contribution is 7.17. The molecule has 0 aliphatic carbocycles. The molecule has 4 heterocycles. The number of aryl methyl sites for hydroxylation is 2. The first-order valence-electron chi connectivity index (χ1n) is 9.06. The van der Waals surface area contributed by atoms with Gasteiger partial charge in [-0.15, -0.1) is 11.3 Å². The summed E-state index contributed by atoms with van der Waals surface area (Å²) in [4.78, 5) is 26.9. The van der Waals surface area contributed by atoms with Crippen molar-refractivity contribution in [1.29, 1.82) is 0 Å². The first-order chi connectivity index (χ1) is 13.1. The van der Waals surface area contributed by atoms with E-state index in [1.165, 1.54) is 11.3 Å². The van der Waals surface area contributed by atoms with E-state index in [-0.39, 0.29) is 5.91 Å². The Kier molecular flexibility index (Phi) is 5.05. The molecule has 1 amide bonds. The van der Waals surface area contributed by atoms with Crippen LogP contribution in [0.25, 0.3) is 10.8 Å². The third kappa shape index (κ3) is 3.94. The van der Waals surface area contributed by atoms with E-state index >= 15 is 0 Å². The van der Waals surface area contributed by atoms with Crippen molar-refractivity contribution in [2.24, 2.45) is 0 Å². The molecule has 140 valence electrons. The van der Waals surface area contributed by atoms with Crippen LogP contribution in [0, 0.1) is 13.8 Å². The van der Waals surface area contributed by atoms with Gasteiger partial charge in [-0.2, -0.15) is 0 Å². The zero-order valence-corrected chi connectivity index (χ0v) is 16.3. The van der Waals surface area contributed by atoms with Gasteiger partial charge in [0.1, 0.15) is 10.6 Å². The van der Waals surface area contributed by atoms with E-state index in [9.17, 15) is 4.79 Å². The maximum atomic E-state index is 13.0. The molecule has 1 saturated heterocycles. The van der Waals surface area contributed by atoms with Gasteiger partial charge in [0.15, 0.2) is 10.8 Å². The molecule has 3 aromatic heterocycles. The van der Waals surface area contributed by atoms with Gasteiger partial charge in [0.25, 0.3) is 5.91 Å². The number of aromatic nitrogens is 2. The van der Waals surface area contributed by atoms with E-state index in [0.29, 0.717) is 4.88 Å². The summed E-state index contributed by atoms with van der Waals surface area (Å²) in [5, 5.41) is 0.762. The fourth-order valence-electron chi connectivity index (χ4n) is 3.22. The number of piperazine rings is 1. The maximum absolute atomic E-state index is 13.0. The SMILES string of the molecule is Cc1ccc(-c2nc(C)c(C(=O)N3CCN(Cc4ccccn4)CC3)s2)o1. The number of hydrogen-bond donors (Lipinski definition) is 0. The summed E-state index contributed by atoms with van der Waals surface area (Å²) in [6, 6.07) is 9.78. The first-order valence-corrected chi connectivity index (χ1v) is 9.87. The van der Waals surface area contributed by atoms with Gasteiger partial charge in [-0.1, -0.05) is 6.07 Å². The van der Waals surface area contributed by atoms with E-state index in [2.05, 4.69) is 14.9 Å². The Labute approximate surface area is 162 Å². The monoisotopic (exact) mass is 382 g/mol. The van der Waals surface area contributed by atoms with Crippen LogP contribution >= 0.6 is 11.3 Å². The fraction of sp³-hybridized carbons (Fsp3) is 0.350. The highest BCUT2D eigenvalue weighted by atomic mass is 32.1. The van der Waals surface area contributed by atoms with Crippen molar-refractivity contribution in [2.45, 2.75) is 20.4 Å². The number of rotatable bonds is 4. The number of thiazole rings is 1. The van der Waals surface area contributed by atoms with Crippen LogP contribution < -0.4 is 0 Å². The zero-order chi connectivity index (χ0) is 18.8. The van der Waals surface area contributed by atoms with Gasteiger partial charge in [-0.25, -0.2) is 4.98 Å². The maximum Gasteiger partial charge on any atom is 0.265 e. The smallest absolute Gasteiger partial charge is 0.265 e. The van der Waals surface area contributed by atoms with Crippen molar-refractivity contribution in [3.63, 3.8) is 0 Å². The van der Waals surface area contributed by atoms with Gasteiger partial charge in [-0.05, 0) is 38.1 Å². The minimum Gasteiger partial charge on any atom is -0.459 e. The lowest BCUT2D eigenvalue weighted by atomic mass is 10.2. The third-order valence-corrected chi connectivity index (χ3v) is 5.87. The lowest BCUT2D eigenvalue weighted by molar-refractivity contribution is 0.0631. The number of furan rings is 1. The van der Waals surface area contributed by atoms with E-state index in [4.69, 9.17) is 4.42 Å². The van der Waals surface area contributed by atoms with E-state index in [0.717, 1.165) is 60.6 Å². The van der Waals surface area contributed by atoms with Crippen LogP contribution in [0.3, 0.4) is 0 Å². The van der Waals surface area contributed by atoms with Crippen LogP contribution in [0.15, 0.2) is 40.9 Å². The first kappa shape index (κ1) is 17.9. The van der Waals surface area contributed by atoms with Crippen LogP contribution in [-0.2, 0) is 6.54 Å². The molecule has 27 heavy (non-hydrogen) atoms. The molecular formula is C20H22N4O2S. The highest BCUT2D eigenvalue weighted by Gasteiger charge is 2.26. The number of pyridine rings is 1. The summed E-state index contributed by atoms with van der Waals surface area (Å²) in [5.74, 6) is 1.63. The molecule has 0 aromatic carbocycles.